The van der Waals surface area contributed by atoms with Gasteiger partial charge in [0, 0.05) is 18.0 Å². The molecule has 0 aliphatic heterocycles. The van der Waals surface area contributed by atoms with Gasteiger partial charge in [0.05, 0.1) is 17.3 Å². The minimum Gasteiger partial charge on any atom is -0.368 e. The molecule has 5 heteroatoms. The number of hydrogen-bond acceptors (Lipinski definition) is 3. The quantitative estimate of drug-likeness (QED) is 0.841. The molecule has 0 fully saturated rings. The van der Waals surface area contributed by atoms with Crippen molar-refractivity contribution in [3.63, 3.8) is 0 Å². The molecule has 2 aromatic rings. The van der Waals surface area contributed by atoms with Crippen molar-refractivity contribution in [1.29, 1.82) is 0 Å². The minimum absolute atomic E-state index is 0.196. The zero-order valence-electron chi connectivity index (χ0n) is 12.3. The number of aromatic nitrogens is 2. The number of primary amides is 1. The second kappa shape index (κ2) is 5.63. The van der Waals surface area contributed by atoms with Gasteiger partial charge in [-0.25, -0.2) is 0 Å². The summed E-state index contributed by atoms with van der Waals surface area (Å²) < 4.78 is 1.92. The van der Waals surface area contributed by atoms with Gasteiger partial charge < -0.3 is 11.1 Å². The first kappa shape index (κ1) is 14.5. The lowest BCUT2D eigenvalue weighted by Gasteiger charge is -2.29. The summed E-state index contributed by atoms with van der Waals surface area (Å²) in [4.78, 5) is 11.7. The number of para-hydroxylation sites is 1. The van der Waals surface area contributed by atoms with Crippen LogP contribution in [0.3, 0.4) is 0 Å². The fourth-order valence-electron chi connectivity index (χ4n) is 2.44. The number of nitrogens with one attached hydrogen (secondary N) is 1. The van der Waals surface area contributed by atoms with Gasteiger partial charge in [0.25, 0.3) is 0 Å². The molecule has 108 valence electrons. The number of benzene rings is 1. The molecule has 20 heavy (non-hydrogen) atoms. The molecule has 2 rings (SSSR count). The zero-order chi connectivity index (χ0) is 14.8. The maximum Gasteiger partial charge on any atom is 0.237 e. The van der Waals surface area contributed by atoms with Crippen molar-refractivity contribution in [2.75, 3.05) is 0 Å². The van der Waals surface area contributed by atoms with E-state index in [2.05, 4.69) is 10.4 Å². The first-order valence-corrected chi connectivity index (χ1v) is 6.90. The molecular weight excluding hydrogens is 252 g/mol. The topological polar surface area (TPSA) is 72.9 Å². The lowest BCUT2D eigenvalue weighted by Crippen LogP contribution is -2.55. The largest absolute Gasteiger partial charge is 0.368 e. The molecular formula is C15H22N4O. The Labute approximate surface area is 119 Å². The number of amides is 1. The van der Waals surface area contributed by atoms with E-state index < -0.39 is 5.54 Å². The van der Waals surface area contributed by atoms with Crippen LogP contribution in [0.15, 0.2) is 30.5 Å². The van der Waals surface area contributed by atoms with Gasteiger partial charge >= 0.3 is 0 Å². The Hall–Kier alpha value is -1.88. The summed E-state index contributed by atoms with van der Waals surface area (Å²) in [5.41, 5.74) is 5.89. The highest BCUT2D eigenvalue weighted by molar-refractivity contribution is 5.84. The molecule has 5 nitrogen and oxygen atoms in total. The minimum atomic E-state index is -0.721. The first-order chi connectivity index (χ1) is 9.42. The predicted molar refractivity (Wildman–Crippen MR) is 80.2 cm³/mol. The normalized spacial score (nSPS) is 14.6. The highest BCUT2D eigenvalue weighted by Crippen LogP contribution is 2.16. The van der Waals surface area contributed by atoms with E-state index in [1.807, 2.05) is 55.9 Å². The van der Waals surface area contributed by atoms with Gasteiger partial charge in [0.1, 0.15) is 0 Å². The summed E-state index contributed by atoms with van der Waals surface area (Å²) in [7, 11) is 0. The molecule has 0 radical (unpaired) electrons. The summed E-state index contributed by atoms with van der Waals surface area (Å²) in [6, 6.07) is 8.22. The summed E-state index contributed by atoms with van der Waals surface area (Å²) >= 11 is 0. The van der Waals surface area contributed by atoms with Crippen LogP contribution in [0.5, 0.6) is 0 Å². The second-order valence-electron chi connectivity index (χ2n) is 5.67. The molecule has 0 aliphatic carbocycles. The fourth-order valence-corrected chi connectivity index (χ4v) is 2.44. The average Bonchev–Trinajstić information content (AvgIpc) is 2.78. The molecule has 1 aromatic heterocycles. The van der Waals surface area contributed by atoms with E-state index in [9.17, 15) is 4.79 Å². The molecule has 3 N–H and O–H groups in total. The van der Waals surface area contributed by atoms with Crippen molar-refractivity contribution in [2.24, 2.45) is 5.73 Å². The fraction of sp³-hybridized carbons (Fsp3) is 0.467. The van der Waals surface area contributed by atoms with Crippen LogP contribution in [0.2, 0.25) is 0 Å². The van der Waals surface area contributed by atoms with Crippen LogP contribution in [0.4, 0.5) is 0 Å². The van der Waals surface area contributed by atoms with Crippen LogP contribution < -0.4 is 11.1 Å². The monoisotopic (exact) mass is 274 g/mol. The van der Waals surface area contributed by atoms with Gasteiger partial charge in [-0.05, 0) is 33.3 Å². The Morgan fingerprint density at radius 3 is 2.80 bits per heavy atom. The van der Waals surface area contributed by atoms with Gasteiger partial charge in [-0.1, -0.05) is 18.2 Å². The molecule has 1 heterocycles. The predicted octanol–water partition coefficient (Wildman–Crippen LogP) is 1.67. The Kier molecular flexibility index (Phi) is 4.09. The molecule has 0 aliphatic rings. The van der Waals surface area contributed by atoms with Crippen molar-refractivity contribution < 1.29 is 4.79 Å². The van der Waals surface area contributed by atoms with Gasteiger partial charge in [-0.3, -0.25) is 9.48 Å². The average molecular weight is 274 g/mol. The van der Waals surface area contributed by atoms with Crippen molar-refractivity contribution in [1.82, 2.24) is 15.1 Å². The van der Waals surface area contributed by atoms with Crippen LogP contribution >= 0.6 is 0 Å². The third-order valence-electron chi connectivity index (χ3n) is 3.53. The van der Waals surface area contributed by atoms with Gasteiger partial charge in [-0.15, -0.1) is 0 Å². The number of aryl methyl sites for hydroxylation is 1. The van der Waals surface area contributed by atoms with Crippen molar-refractivity contribution in [2.45, 2.75) is 45.3 Å². The molecule has 0 bridgehead atoms. The zero-order valence-corrected chi connectivity index (χ0v) is 12.3. The number of nitrogens with zero attached hydrogens (tertiary/aromatic N) is 2. The maximum atomic E-state index is 11.7. The molecule has 1 amide bonds. The van der Waals surface area contributed by atoms with E-state index in [1.165, 1.54) is 0 Å². The Morgan fingerprint density at radius 1 is 1.45 bits per heavy atom. The molecule has 0 spiro atoms. The summed E-state index contributed by atoms with van der Waals surface area (Å²) in [6.07, 6.45) is 2.44. The van der Waals surface area contributed by atoms with Crippen LogP contribution in [0.25, 0.3) is 10.9 Å². The van der Waals surface area contributed by atoms with Gasteiger partial charge in [0.2, 0.25) is 5.91 Å². The maximum absolute atomic E-state index is 11.7. The SMILES string of the molecule is CC(C)NC(C)(CCn1ncc2ccccc21)C(N)=O. The van der Waals surface area contributed by atoms with Gasteiger partial charge in [-0.2, -0.15) is 5.10 Å². The van der Waals surface area contributed by atoms with E-state index in [4.69, 9.17) is 5.73 Å². The standard InChI is InChI=1S/C15H22N4O/c1-11(2)18-15(3,14(16)20)8-9-19-13-7-5-4-6-12(13)10-17-19/h4-7,10-11,18H,8-9H2,1-3H3,(H2,16,20). The summed E-state index contributed by atoms with van der Waals surface area (Å²) in [5.74, 6) is -0.331. The van der Waals surface area contributed by atoms with Gasteiger partial charge in [0.15, 0.2) is 0 Å². The number of carbonyl (C=O) groups is 1. The number of fused-ring (bicyclic) bond motifs is 1. The highest BCUT2D eigenvalue weighted by Gasteiger charge is 2.31. The Bertz CT molecular complexity index is 605. The van der Waals surface area contributed by atoms with Crippen molar-refractivity contribution in [3.05, 3.63) is 30.5 Å². The number of nitrogens with two attached hydrogens (primary N) is 1. The molecule has 1 aromatic carbocycles. The molecule has 0 saturated heterocycles. The van der Waals surface area contributed by atoms with E-state index in [1.54, 1.807) is 0 Å². The Balaban J connectivity index is 2.15. The van der Waals surface area contributed by atoms with E-state index in [0.29, 0.717) is 13.0 Å². The molecule has 1 atom stereocenters. The van der Waals surface area contributed by atoms with Crippen LogP contribution in [-0.2, 0) is 11.3 Å². The van der Waals surface area contributed by atoms with Crippen LogP contribution in [0, 0.1) is 0 Å². The smallest absolute Gasteiger partial charge is 0.237 e. The van der Waals surface area contributed by atoms with Crippen molar-refractivity contribution >= 4 is 16.8 Å². The number of hydrogen-bond donors (Lipinski definition) is 2. The van der Waals surface area contributed by atoms with Crippen molar-refractivity contribution in [3.8, 4) is 0 Å². The summed E-state index contributed by atoms with van der Waals surface area (Å²) in [5, 5.41) is 8.73. The highest BCUT2D eigenvalue weighted by atomic mass is 16.1. The van der Waals surface area contributed by atoms with E-state index in [0.717, 1.165) is 10.9 Å². The third-order valence-corrected chi connectivity index (χ3v) is 3.53. The van der Waals surface area contributed by atoms with Crippen LogP contribution in [0.1, 0.15) is 27.2 Å². The summed E-state index contributed by atoms with van der Waals surface area (Å²) in [6.45, 7) is 6.50. The lowest BCUT2D eigenvalue weighted by molar-refractivity contribution is -0.124. The lowest BCUT2D eigenvalue weighted by atomic mass is 9.96. The van der Waals surface area contributed by atoms with E-state index >= 15 is 0 Å². The number of rotatable bonds is 6. The first-order valence-electron chi connectivity index (χ1n) is 6.90. The second-order valence-corrected chi connectivity index (χ2v) is 5.67. The van der Waals surface area contributed by atoms with E-state index in [-0.39, 0.29) is 11.9 Å². The molecule has 1 unspecified atom stereocenters. The molecule has 0 saturated carbocycles. The third kappa shape index (κ3) is 2.99. The number of carbonyl (C=O) groups excluding carboxylic acids is 1. The Morgan fingerprint density at radius 2 is 2.15 bits per heavy atom. The van der Waals surface area contributed by atoms with Crippen LogP contribution in [-0.4, -0.2) is 27.3 Å².